The highest BCUT2D eigenvalue weighted by molar-refractivity contribution is 5.90. The lowest BCUT2D eigenvalue weighted by Crippen LogP contribution is -2.24. The van der Waals surface area contributed by atoms with Crippen molar-refractivity contribution in [1.82, 2.24) is 4.98 Å². The third-order valence-electron chi connectivity index (χ3n) is 3.70. The van der Waals surface area contributed by atoms with E-state index in [-0.39, 0.29) is 0 Å². The summed E-state index contributed by atoms with van der Waals surface area (Å²) in [6.07, 6.45) is 2.43. The Hall–Kier alpha value is -1.61. The Morgan fingerprint density at radius 3 is 3.11 bits per heavy atom. The molecule has 2 aromatic rings. The fourth-order valence-corrected chi connectivity index (χ4v) is 2.61. The molecule has 2 heterocycles. The van der Waals surface area contributed by atoms with Crippen molar-refractivity contribution in [3.05, 3.63) is 36.0 Å². The van der Waals surface area contributed by atoms with Gasteiger partial charge < -0.3 is 10.1 Å². The number of aromatic nitrogens is 1. The van der Waals surface area contributed by atoms with Crippen molar-refractivity contribution in [2.24, 2.45) is 5.92 Å². The summed E-state index contributed by atoms with van der Waals surface area (Å²) in [6, 6.07) is 10.5. The largest absolute Gasteiger partial charge is 0.383 e. The van der Waals surface area contributed by atoms with Crippen molar-refractivity contribution in [3.63, 3.8) is 0 Å². The van der Waals surface area contributed by atoms with Crippen LogP contribution >= 0.6 is 0 Å². The van der Waals surface area contributed by atoms with E-state index in [9.17, 15) is 0 Å². The maximum Gasteiger partial charge on any atom is 0.0936 e. The highest BCUT2D eigenvalue weighted by atomic mass is 16.5. The van der Waals surface area contributed by atoms with E-state index >= 15 is 0 Å². The second-order valence-corrected chi connectivity index (χ2v) is 5.29. The Labute approximate surface area is 114 Å². The van der Waals surface area contributed by atoms with Crippen LogP contribution in [0, 0.1) is 12.8 Å². The maximum absolute atomic E-state index is 5.52. The molecule has 1 unspecified atom stereocenters. The molecule has 19 heavy (non-hydrogen) atoms. The molecular formula is C16H20N2O. The molecule has 1 aliphatic heterocycles. The molecule has 1 N–H and O–H groups in total. The Morgan fingerprint density at radius 2 is 2.26 bits per heavy atom. The molecule has 0 spiro atoms. The molecule has 0 saturated carbocycles. The summed E-state index contributed by atoms with van der Waals surface area (Å²) in [7, 11) is 0. The van der Waals surface area contributed by atoms with Gasteiger partial charge in [-0.25, -0.2) is 0 Å². The Balaban J connectivity index is 1.78. The number of pyridine rings is 1. The van der Waals surface area contributed by atoms with E-state index < -0.39 is 0 Å². The molecule has 3 rings (SSSR count). The van der Waals surface area contributed by atoms with Crippen LogP contribution in [0.5, 0.6) is 0 Å². The number of hydrogen-bond donors (Lipinski definition) is 1. The molecule has 1 aromatic heterocycles. The zero-order valence-electron chi connectivity index (χ0n) is 11.4. The molecule has 1 aliphatic rings. The van der Waals surface area contributed by atoms with Crippen molar-refractivity contribution < 1.29 is 4.74 Å². The summed E-state index contributed by atoms with van der Waals surface area (Å²) >= 11 is 0. The number of aryl methyl sites for hydroxylation is 1. The average Bonchev–Trinajstić information content (AvgIpc) is 2.46. The highest BCUT2D eigenvalue weighted by Gasteiger charge is 2.14. The van der Waals surface area contributed by atoms with Crippen LogP contribution in [0.25, 0.3) is 10.9 Å². The first kappa shape index (κ1) is 12.4. The summed E-state index contributed by atoms with van der Waals surface area (Å²) in [5.41, 5.74) is 3.26. The van der Waals surface area contributed by atoms with Crippen LogP contribution in [0.2, 0.25) is 0 Å². The van der Waals surface area contributed by atoms with Crippen molar-refractivity contribution in [2.75, 3.05) is 25.1 Å². The number of para-hydroxylation sites is 1. The van der Waals surface area contributed by atoms with E-state index in [0.29, 0.717) is 5.92 Å². The first-order valence-electron chi connectivity index (χ1n) is 7.01. The summed E-state index contributed by atoms with van der Waals surface area (Å²) < 4.78 is 5.52. The van der Waals surface area contributed by atoms with Gasteiger partial charge in [-0.1, -0.05) is 18.2 Å². The minimum absolute atomic E-state index is 0.619. The summed E-state index contributed by atoms with van der Waals surface area (Å²) in [5, 5.41) is 4.73. The third kappa shape index (κ3) is 2.87. The number of nitrogens with one attached hydrogen (secondary N) is 1. The van der Waals surface area contributed by atoms with Crippen molar-refractivity contribution >= 4 is 16.6 Å². The zero-order chi connectivity index (χ0) is 13.1. The number of anilines is 1. The molecule has 0 amide bonds. The van der Waals surface area contributed by atoms with Gasteiger partial charge >= 0.3 is 0 Å². The number of rotatable bonds is 3. The Morgan fingerprint density at radius 1 is 1.32 bits per heavy atom. The lowest BCUT2D eigenvalue weighted by atomic mass is 10.0. The van der Waals surface area contributed by atoms with Gasteiger partial charge in [-0.15, -0.1) is 0 Å². The fraction of sp³-hybridized carbons (Fsp3) is 0.438. The number of hydrogen-bond acceptors (Lipinski definition) is 3. The van der Waals surface area contributed by atoms with Crippen LogP contribution in [0.4, 0.5) is 5.69 Å². The second kappa shape index (κ2) is 5.57. The second-order valence-electron chi connectivity index (χ2n) is 5.29. The lowest BCUT2D eigenvalue weighted by Gasteiger charge is -2.23. The van der Waals surface area contributed by atoms with Gasteiger partial charge in [-0.3, -0.25) is 4.98 Å². The summed E-state index contributed by atoms with van der Waals surface area (Å²) in [6.45, 7) is 4.80. The van der Waals surface area contributed by atoms with Crippen LogP contribution in [-0.2, 0) is 4.74 Å². The van der Waals surface area contributed by atoms with E-state index in [1.807, 2.05) is 6.92 Å². The molecule has 100 valence electrons. The van der Waals surface area contributed by atoms with Gasteiger partial charge in [0.25, 0.3) is 0 Å². The van der Waals surface area contributed by atoms with Gasteiger partial charge in [0.1, 0.15) is 0 Å². The maximum atomic E-state index is 5.52. The molecule has 1 atom stereocenters. The monoisotopic (exact) mass is 256 g/mol. The molecule has 3 nitrogen and oxygen atoms in total. The normalized spacial score (nSPS) is 19.5. The van der Waals surface area contributed by atoms with Gasteiger partial charge in [0.05, 0.1) is 17.8 Å². The molecule has 1 fully saturated rings. The van der Waals surface area contributed by atoms with Crippen molar-refractivity contribution in [3.8, 4) is 0 Å². The van der Waals surface area contributed by atoms with E-state index in [0.717, 1.165) is 36.7 Å². The van der Waals surface area contributed by atoms with Crippen LogP contribution in [-0.4, -0.2) is 24.7 Å². The van der Waals surface area contributed by atoms with Crippen molar-refractivity contribution in [2.45, 2.75) is 19.8 Å². The number of fused-ring (bicyclic) bond motifs is 1. The molecule has 0 bridgehead atoms. The predicted octanol–water partition coefficient (Wildman–Crippen LogP) is 3.38. The highest BCUT2D eigenvalue weighted by Crippen LogP contribution is 2.23. The minimum Gasteiger partial charge on any atom is -0.383 e. The average molecular weight is 256 g/mol. The van der Waals surface area contributed by atoms with Gasteiger partial charge in [0.2, 0.25) is 0 Å². The quantitative estimate of drug-likeness (QED) is 0.914. The van der Waals surface area contributed by atoms with Crippen LogP contribution in [0.3, 0.4) is 0 Å². The van der Waals surface area contributed by atoms with Gasteiger partial charge in [0, 0.05) is 24.2 Å². The molecule has 1 aromatic carbocycles. The number of benzene rings is 1. The lowest BCUT2D eigenvalue weighted by molar-refractivity contribution is 0.0595. The smallest absolute Gasteiger partial charge is 0.0936 e. The molecule has 0 aliphatic carbocycles. The standard InChI is InChI=1S/C16H20N2O/c1-12-7-8-14-5-2-6-15(16(14)18-12)17-10-13-4-3-9-19-11-13/h2,5-8,13,17H,3-4,9-11H2,1H3. The van der Waals surface area contributed by atoms with Crippen LogP contribution < -0.4 is 5.32 Å². The van der Waals surface area contributed by atoms with Crippen LogP contribution in [0.15, 0.2) is 30.3 Å². The first-order valence-corrected chi connectivity index (χ1v) is 7.01. The van der Waals surface area contributed by atoms with E-state index in [1.165, 1.54) is 18.2 Å². The minimum atomic E-state index is 0.619. The summed E-state index contributed by atoms with van der Waals surface area (Å²) in [5.74, 6) is 0.619. The molecule has 0 radical (unpaired) electrons. The van der Waals surface area contributed by atoms with E-state index in [4.69, 9.17) is 4.74 Å². The number of nitrogens with zero attached hydrogens (tertiary/aromatic N) is 1. The molecule has 1 saturated heterocycles. The summed E-state index contributed by atoms with van der Waals surface area (Å²) in [4.78, 5) is 4.65. The third-order valence-corrected chi connectivity index (χ3v) is 3.70. The van der Waals surface area contributed by atoms with Gasteiger partial charge in [0.15, 0.2) is 0 Å². The van der Waals surface area contributed by atoms with Gasteiger partial charge in [-0.2, -0.15) is 0 Å². The van der Waals surface area contributed by atoms with E-state index in [2.05, 4.69) is 40.6 Å². The van der Waals surface area contributed by atoms with Crippen LogP contribution in [0.1, 0.15) is 18.5 Å². The molecule has 3 heteroatoms. The Kier molecular flexibility index (Phi) is 3.65. The van der Waals surface area contributed by atoms with Gasteiger partial charge in [-0.05, 0) is 37.8 Å². The SMILES string of the molecule is Cc1ccc2cccc(NCC3CCCOC3)c2n1. The zero-order valence-corrected chi connectivity index (χ0v) is 11.4. The fourth-order valence-electron chi connectivity index (χ4n) is 2.61. The topological polar surface area (TPSA) is 34.1 Å². The first-order chi connectivity index (χ1) is 9.33. The van der Waals surface area contributed by atoms with Crippen molar-refractivity contribution in [1.29, 1.82) is 0 Å². The predicted molar refractivity (Wildman–Crippen MR) is 78.5 cm³/mol. The van der Waals surface area contributed by atoms with E-state index in [1.54, 1.807) is 0 Å². The Bertz CT molecular complexity index is 562. The molecular weight excluding hydrogens is 236 g/mol. The number of ether oxygens (including phenoxy) is 1.